The molecule has 1 aromatic carbocycles. The summed E-state index contributed by atoms with van der Waals surface area (Å²) in [6.07, 6.45) is 1.65. The van der Waals surface area contributed by atoms with Crippen molar-refractivity contribution < 1.29 is 9.18 Å². The van der Waals surface area contributed by atoms with Crippen molar-refractivity contribution in [3.8, 4) is 0 Å². The second kappa shape index (κ2) is 10.0. The minimum absolute atomic E-state index is 0.133. The van der Waals surface area contributed by atoms with Crippen molar-refractivity contribution >= 4 is 5.91 Å². The summed E-state index contributed by atoms with van der Waals surface area (Å²) in [5.41, 5.74) is 1.15. The van der Waals surface area contributed by atoms with Gasteiger partial charge in [-0.2, -0.15) is 0 Å². The van der Waals surface area contributed by atoms with E-state index >= 15 is 0 Å². The molecule has 1 amide bonds. The maximum Gasteiger partial charge on any atom is 0.221 e. The summed E-state index contributed by atoms with van der Waals surface area (Å²) in [6.45, 7) is 13.2. The van der Waals surface area contributed by atoms with Crippen LogP contribution in [0.3, 0.4) is 0 Å². The lowest BCUT2D eigenvalue weighted by atomic mass is 10.0. The second-order valence-corrected chi connectivity index (χ2v) is 8.03. The van der Waals surface area contributed by atoms with Crippen LogP contribution in [0, 0.1) is 11.7 Å². The maximum atomic E-state index is 13.2. The molecule has 0 saturated carbocycles. The Bertz CT molecular complexity index is 559. The fourth-order valence-electron chi connectivity index (χ4n) is 3.64. The molecule has 0 aromatic heterocycles. The van der Waals surface area contributed by atoms with E-state index in [0.29, 0.717) is 18.4 Å². The zero-order valence-corrected chi connectivity index (χ0v) is 16.7. The molecule has 1 atom stereocenters. The van der Waals surface area contributed by atoms with Crippen molar-refractivity contribution in [1.82, 2.24) is 15.1 Å². The summed E-state index contributed by atoms with van der Waals surface area (Å²) in [6, 6.07) is 7.47. The zero-order valence-electron chi connectivity index (χ0n) is 16.7. The normalized spacial score (nSPS) is 19.7. The van der Waals surface area contributed by atoms with Gasteiger partial charge in [0.15, 0.2) is 0 Å². The Morgan fingerprint density at radius 1 is 1.19 bits per heavy atom. The Morgan fingerprint density at radius 2 is 1.88 bits per heavy atom. The van der Waals surface area contributed by atoms with Crippen molar-refractivity contribution in [1.29, 1.82) is 0 Å². The van der Waals surface area contributed by atoms with Gasteiger partial charge in [-0.25, -0.2) is 4.39 Å². The molecule has 2 rings (SSSR count). The Hall–Kier alpha value is -1.46. The van der Waals surface area contributed by atoms with Gasteiger partial charge in [0.2, 0.25) is 5.91 Å². The monoisotopic (exact) mass is 363 g/mol. The van der Waals surface area contributed by atoms with E-state index in [2.05, 4.69) is 29.0 Å². The Morgan fingerprint density at radius 3 is 2.50 bits per heavy atom. The fourth-order valence-corrected chi connectivity index (χ4v) is 3.64. The van der Waals surface area contributed by atoms with E-state index in [1.807, 2.05) is 26.0 Å². The quantitative estimate of drug-likeness (QED) is 0.808. The van der Waals surface area contributed by atoms with Crippen LogP contribution in [0.15, 0.2) is 24.3 Å². The largest absolute Gasteiger partial charge is 0.354 e. The van der Waals surface area contributed by atoms with E-state index in [-0.39, 0.29) is 17.8 Å². The number of carbonyl (C=O) groups is 1. The van der Waals surface area contributed by atoms with Gasteiger partial charge in [0.25, 0.3) is 0 Å². The number of benzene rings is 1. The van der Waals surface area contributed by atoms with Gasteiger partial charge in [-0.3, -0.25) is 9.69 Å². The molecule has 0 unspecified atom stereocenters. The second-order valence-electron chi connectivity index (χ2n) is 8.03. The van der Waals surface area contributed by atoms with Crippen molar-refractivity contribution in [2.75, 3.05) is 26.2 Å². The number of nitrogens with one attached hydrogen (secondary N) is 1. The van der Waals surface area contributed by atoms with Crippen LogP contribution in [0.5, 0.6) is 0 Å². The molecule has 4 nitrogen and oxygen atoms in total. The zero-order chi connectivity index (χ0) is 19.1. The Kier molecular flexibility index (Phi) is 8.04. The number of rotatable bonds is 7. The molecule has 1 fully saturated rings. The van der Waals surface area contributed by atoms with Crippen LogP contribution in [-0.2, 0) is 11.3 Å². The molecule has 1 aliphatic rings. The molecule has 0 bridgehead atoms. The highest BCUT2D eigenvalue weighted by atomic mass is 19.1. The van der Waals surface area contributed by atoms with E-state index in [9.17, 15) is 9.18 Å². The van der Waals surface area contributed by atoms with Crippen molar-refractivity contribution in [3.05, 3.63) is 35.6 Å². The van der Waals surface area contributed by atoms with Gasteiger partial charge in [-0.05, 0) is 50.4 Å². The molecule has 1 saturated heterocycles. The van der Waals surface area contributed by atoms with Crippen LogP contribution in [-0.4, -0.2) is 54.0 Å². The van der Waals surface area contributed by atoms with Crippen molar-refractivity contribution in [3.63, 3.8) is 0 Å². The SMILES string of the molecule is CC(C)NC(=O)CCN1CCCN(Cc2ccc(F)cc2)[C@@H](C(C)C)C1. The van der Waals surface area contributed by atoms with E-state index in [0.717, 1.165) is 44.7 Å². The third-order valence-corrected chi connectivity index (χ3v) is 5.01. The van der Waals surface area contributed by atoms with Crippen LogP contribution in [0.2, 0.25) is 0 Å². The van der Waals surface area contributed by atoms with Crippen LogP contribution in [0.25, 0.3) is 0 Å². The molecule has 5 heteroatoms. The van der Waals surface area contributed by atoms with Gasteiger partial charge in [0, 0.05) is 44.7 Å². The van der Waals surface area contributed by atoms with Crippen molar-refractivity contribution in [2.24, 2.45) is 5.92 Å². The first-order valence-corrected chi connectivity index (χ1v) is 9.85. The average molecular weight is 364 g/mol. The van der Waals surface area contributed by atoms with Gasteiger partial charge < -0.3 is 10.2 Å². The Balaban J connectivity index is 1.95. The summed E-state index contributed by atoms with van der Waals surface area (Å²) in [5, 5.41) is 2.97. The highest BCUT2D eigenvalue weighted by molar-refractivity contribution is 5.76. The Labute approximate surface area is 157 Å². The molecular weight excluding hydrogens is 329 g/mol. The molecule has 0 radical (unpaired) electrons. The molecule has 1 aliphatic heterocycles. The van der Waals surface area contributed by atoms with Gasteiger partial charge in [-0.1, -0.05) is 26.0 Å². The van der Waals surface area contributed by atoms with Crippen LogP contribution in [0.4, 0.5) is 4.39 Å². The lowest BCUT2D eigenvalue weighted by Crippen LogP contribution is -2.44. The molecule has 26 heavy (non-hydrogen) atoms. The van der Waals surface area contributed by atoms with Gasteiger partial charge in [0.1, 0.15) is 5.82 Å². The smallest absolute Gasteiger partial charge is 0.221 e. The van der Waals surface area contributed by atoms with Crippen LogP contribution in [0.1, 0.15) is 46.1 Å². The summed E-state index contributed by atoms with van der Waals surface area (Å²) in [7, 11) is 0. The minimum Gasteiger partial charge on any atom is -0.354 e. The third kappa shape index (κ3) is 6.69. The average Bonchev–Trinajstić information content (AvgIpc) is 2.77. The first-order chi connectivity index (χ1) is 12.3. The molecule has 0 aliphatic carbocycles. The predicted octanol–water partition coefficient (Wildman–Crippen LogP) is 3.27. The van der Waals surface area contributed by atoms with Gasteiger partial charge >= 0.3 is 0 Å². The highest BCUT2D eigenvalue weighted by Crippen LogP contribution is 2.20. The molecule has 1 aromatic rings. The van der Waals surface area contributed by atoms with Crippen LogP contribution >= 0.6 is 0 Å². The minimum atomic E-state index is -0.184. The standard InChI is InChI=1S/C21H34FN3O/c1-16(2)20-15-24(13-10-21(26)23-17(3)4)11-5-12-25(20)14-18-6-8-19(22)9-7-18/h6-9,16-17,20H,5,10-15H2,1-4H3,(H,23,26)/t20-/m1/s1. The summed E-state index contributed by atoms with van der Waals surface area (Å²) < 4.78 is 13.2. The van der Waals surface area contributed by atoms with E-state index in [1.54, 1.807) is 0 Å². The van der Waals surface area contributed by atoms with E-state index in [4.69, 9.17) is 0 Å². The highest BCUT2D eigenvalue weighted by Gasteiger charge is 2.27. The lowest BCUT2D eigenvalue weighted by molar-refractivity contribution is -0.121. The molecule has 146 valence electrons. The first kappa shape index (κ1) is 20.8. The molecule has 1 N–H and O–H groups in total. The van der Waals surface area contributed by atoms with Crippen LogP contribution < -0.4 is 5.32 Å². The predicted molar refractivity (Wildman–Crippen MR) is 104 cm³/mol. The molecular formula is C21H34FN3O. The first-order valence-electron chi connectivity index (χ1n) is 9.85. The topological polar surface area (TPSA) is 35.6 Å². The number of halogens is 1. The van der Waals surface area contributed by atoms with E-state index < -0.39 is 0 Å². The number of amides is 1. The van der Waals surface area contributed by atoms with Gasteiger partial charge in [0.05, 0.1) is 0 Å². The number of hydrogen-bond acceptors (Lipinski definition) is 3. The maximum absolute atomic E-state index is 13.2. The third-order valence-electron chi connectivity index (χ3n) is 5.01. The molecule has 0 spiro atoms. The number of nitrogens with zero attached hydrogens (tertiary/aromatic N) is 2. The number of carbonyl (C=O) groups excluding carboxylic acids is 1. The number of hydrogen-bond donors (Lipinski definition) is 1. The van der Waals surface area contributed by atoms with Crippen molar-refractivity contribution in [2.45, 2.75) is 59.2 Å². The lowest BCUT2D eigenvalue weighted by Gasteiger charge is -2.34. The van der Waals surface area contributed by atoms with Gasteiger partial charge in [-0.15, -0.1) is 0 Å². The summed E-state index contributed by atoms with van der Waals surface area (Å²) >= 11 is 0. The fraction of sp³-hybridized carbons (Fsp3) is 0.667. The van der Waals surface area contributed by atoms with E-state index in [1.165, 1.54) is 12.1 Å². The summed E-state index contributed by atoms with van der Waals surface area (Å²) in [4.78, 5) is 16.9. The summed E-state index contributed by atoms with van der Waals surface area (Å²) in [5.74, 6) is 0.477. The molecule has 1 heterocycles.